The molecule has 0 unspecified atom stereocenters. The maximum Gasteiger partial charge on any atom is 0.253 e. The van der Waals surface area contributed by atoms with E-state index in [0.717, 1.165) is 45.3 Å². The number of hydrogen-bond donors (Lipinski definition) is 0. The molecule has 3 rings (SSSR count). The molecule has 2 amide bonds. The summed E-state index contributed by atoms with van der Waals surface area (Å²) in [6.07, 6.45) is 9.45. The Balaban J connectivity index is 1.43. The number of aromatic nitrogens is 1. The Hall–Kier alpha value is -1.95. The van der Waals surface area contributed by atoms with Crippen molar-refractivity contribution in [3.63, 3.8) is 0 Å². The minimum atomic E-state index is 0.0220. The Morgan fingerprint density at radius 1 is 1.19 bits per heavy atom. The molecule has 1 aromatic heterocycles. The minimum Gasteiger partial charge on any atom is -0.378 e. The Bertz CT molecular complexity index is 594. The molecule has 0 aromatic carbocycles. The van der Waals surface area contributed by atoms with E-state index in [1.807, 2.05) is 16.8 Å². The van der Waals surface area contributed by atoms with Crippen LogP contribution in [0, 0.1) is 5.92 Å². The van der Waals surface area contributed by atoms with Crippen molar-refractivity contribution in [1.29, 1.82) is 0 Å². The third-order valence-electron chi connectivity index (χ3n) is 5.50. The number of pyridine rings is 1. The summed E-state index contributed by atoms with van der Waals surface area (Å²) in [4.78, 5) is 32.8. The first-order valence-electron chi connectivity index (χ1n) is 9.71. The summed E-state index contributed by atoms with van der Waals surface area (Å²) < 4.78 is 5.75. The third kappa shape index (κ3) is 4.81. The zero-order chi connectivity index (χ0) is 18.4. The molecule has 3 heterocycles. The fourth-order valence-corrected chi connectivity index (χ4v) is 3.80. The van der Waals surface area contributed by atoms with Crippen molar-refractivity contribution in [3.8, 4) is 0 Å². The molecule has 2 fully saturated rings. The normalized spacial score (nSPS) is 21.4. The highest BCUT2D eigenvalue weighted by molar-refractivity contribution is 5.94. The van der Waals surface area contributed by atoms with Crippen LogP contribution >= 0.6 is 0 Å². The first kappa shape index (κ1) is 18.8. The fourth-order valence-electron chi connectivity index (χ4n) is 3.80. The summed E-state index contributed by atoms with van der Waals surface area (Å²) in [5.41, 5.74) is 0.661. The molecular formula is C20H29N3O3. The number of carbonyl (C=O) groups is 2. The van der Waals surface area contributed by atoms with Gasteiger partial charge in [-0.05, 0) is 50.7 Å². The van der Waals surface area contributed by atoms with Crippen molar-refractivity contribution in [2.24, 2.45) is 5.92 Å². The van der Waals surface area contributed by atoms with E-state index in [2.05, 4.69) is 4.98 Å². The minimum absolute atomic E-state index is 0.0220. The molecule has 0 spiro atoms. The van der Waals surface area contributed by atoms with Crippen LogP contribution in [-0.2, 0) is 9.53 Å². The Labute approximate surface area is 155 Å². The molecule has 2 aliphatic heterocycles. The maximum absolute atomic E-state index is 12.7. The quantitative estimate of drug-likeness (QED) is 0.810. The SMILES string of the molecule is CN(CC[C@H]1CCCCO1)C(=O)C1CCN(C(=O)c2ccncc2)CC1. The van der Waals surface area contributed by atoms with Crippen LogP contribution in [0.5, 0.6) is 0 Å². The molecule has 0 saturated carbocycles. The molecular weight excluding hydrogens is 330 g/mol. The molecule has 26 heavy (non-hydrogen) atoms. The van der Waals surface area contributed by atoms with Crippen LogP contribution in [0.15, 0.2) is 24.5 Å². The van der Waals surface area contributed by atoms with E-state index in [1.165, 1.54) is 6.42 Å². The molecule has 0 bridgehead atoms. The Morgan fingerprint density at radius 2 is 1.92 bits per heavy atom. The zero-order valence-corrected chi connectivity index (χ0v) is 15.6. The third-order valence-corrected chi connectivity index (χ3v) is 5.50. The van der Waals surface area contributed by atoms with Gasteiger partial charge in [0.05, 0.1) is 6.10 Å². The van der Waals surface area contributed by atoms with E-state index in [-0.39, 0.29) is 17.7 Å². The fraction of sp³-hybridized carbons (Fsp3) is 0.650. The zero-order valence-electron chi connectivity index (χ0n) is 15.6. The summed E-state index contributed by atoms with van der Waals surface area (Å²) in [7, 11) is 1.89. The van der Waals surface area contributed by atoms with Gasteiger partial charge in [0, 0.05) is 57.2 Å². The summed E-state index contributed by atoms with van der Waals surface area (Å²) in [5.74, 6) is 0.256. The second-order valence-electron chi connectivity index (χ2n) is 7.34. The molecule has 6 nitrogen and oxygen atoms in total. The van der Waals surface area contributed by atoms with Crippen molar-refractivity contribution in [2.45, 2.75) is 44.6 Å². The van der Waals surface area contributed by atoms with E-state index >= 15 is 0 Å². The first-order chi connectivity index (χ1) is 12.6. The summed E-state index contributed by atoms with van der Waals surface area (Å²) in [5, 5.41) is 0. The predicted molar refractivity (Wildman–Crippen MR) is 98.7 cm³/mol. The van der Waals surface area contributed by atoms with E-state index in [0.29, 0.717) is 24.8 Å². The lowest BCUT2D eigenvalue weighted by Gasteiger charge is -2.33. The number of nitrogens with zero attached hydrogens (tertiary/aromatic N) is 3. The van der Waals surface area contributed by atoms with E-state index in [1.54, 1.807) is 24.5 Å². The van der Waals surface area contributed by atoms with Gasteiger partial charge < -0.3 is 14.5 Å². The lowest BCUT2D eigenvalue weighted by molar-refractivity contribution is -0.136. The van der Waals surface area contributed by atoms with Gasteiger partial charge in [-0.25, -0.2) is 0 Å². The van der Waals surface area contributed by atoms with Gasteiger partial charge in [0.1, 0.15) is 0 Å². The van der Waals surface area contributed by atoms with Gasteiger partial charge in [-0.15, -0.1) is 0 Å². The van der Waals surface area contributed by atoms with Crippen molar-refractivity contribution in [3.05, 3.63) is 30.1 Å². The van der Waals surface area contributed by atoms with Crippen LogP contribution in [0.4, 0.5) is 0 Å². The smallest absolute Gasteiger partial charge is 0.253 e. The van der Waals surface area contributed by atoms with Gasteiger partial charge in [-0.1, -0.05) is 0 Å². The van der Waals surface area contributed by atoms with Gasteiger partial charge >= 0.3 is 0 Å². The number of ether oxygens (including phenoxy) is 1. The number of piperidine rings is 1. The van der Waals surface area contributed by atoms with Crippen LogP contribution in [0.1, 0.15) is 48.9 Å². The van der Waals surface area contributed by atoms with E-state index in [9.17, 15) is 9.59 Å². The Kier molecular flexibility index (Phi) is 6.61. The first-order valence-corrected chi connectivity index (χ1v) is 9.71. The van der Waals surface area contributed by atoms with Crippen molar-refractivity contribution in [1.82, 2.24) is 14.8 Å². The molecule has 0 radical (unpaired) electrons. The monoisotopic (exact) mass is 359 g/mol. The number of hydrogen-bond acceptors (Lipinski definition) is 4. The van der Waals surface area contributed by atoms with Crippen LogP contribution in [0.3, 0.4) is 0 Å². The lowest BCUT2D eigenvalue weighted by Crippen LogP contribution is -2.44. The molecule has 2 saturated heterocycles. The highest BCUT2D eigenvalue weighted by Gasteiger charge is 2.29. The maximum atomic E-state index is 12.7. The lowest BCUT2D eigenvalue weighted by atomic mass is 9.94. The molecule has 0 N–H and O–H groups in total. The number of carbonyl (C=O) groups excluding carboxylic acids is 2. The largest absolute Gasteiger partial charge is 0.378 e. The summed E-state index contributed by atoms with van der Waals surface area (Å²) >= 11 is 0. The predicted octanol–water partition coefficient (Wildman–Crippen LogP) is 2.35. The van der Waals surface area contributed by atoms with Crippen molar-refractivity contribution < 1.29 is 14.3 Å². The molecule has 1 atom stereocenters. The van der Waals surface area contributed by atoms with Gasteiger partial charge in [0.15, 0.2) is 0 Å². The summed E-state index contributed by atoms with van der Waals surface area (Å²) in [6.45, 7) is 2.88. The summed E-state index contributed by atoms with van der Waals surface area (Å²) in [6, 6.07) is 3.47. The second-order valence-corrected chi connectivity index (χ2v) is 7.34. The van der Waals surface area contributed by atoms with Gasteiger partial charge in [0.25, 0.3) is 5.91 Å². The molecule has 6 heteroatoms. The van der Waals surface area contributed by atoms with E-state index in [4.69, 9.17) is 4.74 Å². The van der Waals surface area contributed by atoms with Crippen LogP contribution < -0.4 is 0 Å². The number of amides is 2. The molecule has 0 aliphatic carbocycles. The van der Waals surface area contributed by atoms with Crippen molar-refractivity contribution >= 4 is 11.8 Å². The van der Waals surface area contributed by atoms with Crippen molar-refractivity contribution in [2.75, 3.05) is 33.3 Å². The standard InChI is InChI=1S/C20H29N3O3/c1-22(12-9-18-4-2-3-15-26-18)19(24)17-7-13-23(14-8-17)20(25)16-5-10-21-11-6-16/h5-6,10-11,17-18H,2-4,7-9,12-15H2,1H3/t18-/m1/s1. The molecule has 2 aliphatic rings. The van der Waals surface area contributed by atoms with Gasteiger partial charge in [-0.3, -0.25) is 14.6 Å². The average Bonchev–Trinajstić information content (AvgIpc) is 2.72. The van der Waals surface area contributed by atoms with Gasteiger partial charge in [0.2, 0.25) is 5.91 Å². The van der Waals surface area contributed by atoms with Crippen LogP contribution in [0.2, 0.25) is 0 Å². The molecule has 142 valence electrons. The Morgan fingerprint density at radius 3 is 2.58 bits per heavy atom. The highest BCUT2D eigenvalue weighted by atomic mass is 16.5. The number of likely N-dealkylation sites (tertiary alicyclic amines) is 1. The second kappa shape index (κ2) is 9.12. The topological polar surface area (TPSA) is 62.7 Å². The average molecular weight is 359 g/mol. The molecule has 1 aromatic rings. The van der Waals surface area contributed by atoms with E-state index < -0.39 is 0 Å². The number of rotatable bonds is 5. The van der Waals surface area contributed by atoms with Crippen LogP contribution in [0.25, 0.3) is 0 Å². The highest BCUT2D eigenvalue weighted by Crippen LogP contribution is 2.22. The van der Waals surface area contributed by atoms with Gasteiger partial charge in [-0.2, -0.15) is 0 Å². The van der Waals surface area contributed by atoms with Crippen LogP contribution in [-0.4, -0.2) is 66.0 Å².